The summed E-state index contributed by atoms with van der Waals surface area (Å²) in [5.41, 5.74) is 3.35. The third-order valence-corrected chi connectivity index (χ3v) is 5.33. The summed E-state index contributed by atoms with van der Waals surface area (Å²) in [7, 11) is 0. The van der Waals surface area contributed by atoms with E-state index in [-0.39, 0.29) is 17.5 Å². The highest BCUT2D eigenvalue weighted by molar-refractivity contribution is 8.00. The first-order valence-electron chi connectivity index (χ1n) is 8.88. The molecule has 0 bridgehead atoms. The van der Waals surface area contributed by atoms with Crippen LogP contribution >= 0.6 is 11.8 Å². The minimum Gasteiger partial charge on any atom is -0.325 e. The molecule has 142 valence electrons. The van der Waals surface area contributed by atoms with E-state index in [2.05, 4.69) is 20.5 Å². The fourth-order valence-corrected chi connectivity index (χ4v) is 3.71. The lowest BCUT2D eigenvalue weighted by molar-refractivity contribution is -0.113. The van der Waals surface area contributed by atoms with Gasteiger partial charge in [0.2, 0.25) is 5.91 Å². The maximum Gasteiger partial charge on any atom is 0.234 e. The van der Waals surface area contributed by atoms with Crippen LogP contribution in [0.5, 0.6) is 0 Å². The van der Waals surface area contributed by atoms with Crippen molar-refractivity contribution in [3.05, 3.63) is 59.7 Å². The molecule has 0 spiro atoms. The number of carbonyl (C=O) groups is 1. The maximum atomic E-state index is 13.7. The van der Waals surface area contributed by atoms with Gasteiger partial charge in [-0.25, -0.2) is 9.37 Å². The number of para-hydroxylation sites is 2. The van der Waals surface area contributed by atoms with Crippen LogP contribution in [0.4, 0.5) is 10.1 Å². The van der Waals surface area contributed by atoms with Gasteiger partial charge < -0.3 is 5.32 Å². The van der Waals surface area contributed by atoms with E-state index in [0.29, 0.717) is 21.9 Å². The number of nitrogens with zero attached hydrogens (tertiary/aromatic N) is 4. The Morgan fingerprint density at radius 2 is 2.04 bits per heavy atom. The molecule has 6 nitrogen and oxygen atoms in total. The molecular weight excluding hydrogens is 377 g/mol. The minimum absolute atomic E-state index is 0.130. The molecule has 0 unspecified atom stereocenters. The number of amides is 1. The molecule has 1 amide bonds. The van der Waals surface area contributed by atoms with E-state index in [4.69, 9.17) is 0 Å². The molecule has 0 aliphatic heterocycles. The lowest BCUT2D eigenvalue weighted by Crippen LogP contribution is -2.14. The fraction of sp³-hybridized carbons (Fsp3) is 0.200. The van der Waals surface area contributed by atoms with Gasteiger partial charge in [-0.1, -0.05) is 36.9 Å². The summed E-state index contributed by atoms with van der Waals surface area (Å²) in [6, 6.07) is 12.4. The van der Waals surface area contributed by atoms with Crippen LogP contribution in [0.15, 0.2) is 47.5 Å². The quantitative estimate of drug-likeness (QED) is 0.517. The molecule has 1 N–H and O–H groups in total. The maximum absolute atomic E-state index is 13.7. The van der Waals surface area contributed by atoms with Crippen LogP contribution < -0.4 is 5.32 Å². The Balaban J connectivity index is 1.59. The van der Waals surface area contributed by atoms with Crippen molar-refractivity contribution in [2.75, 3.05) is 11.1 Å². The molecule has 4 aromatic rings. The normalized spacial score (nSPS) is 11.2. The van der Waals surface area contributed by atoms with Crippen LogP contribution in [-0.2, 0) is 11.2 Å². The molecule has 0 atom stereocenters. The molecule has 0 aliphatic rings. The first kappa shape index (κ1) is 18.4. The highest BCUT2D eigenvalue weighted by atomic mass is 32.2. The van der Waals surface area contributed by atoms with Gasteiger partial charge in [0, 0.05) is 12.1 Å². The Morgan fingerprint density at radius 1 is 1.21 bits per heavy atom. The van der Waals surface area contributed by atoms with Crippen molar-refractivity contribution < 1.29 is 9.18 Å². The smallest absolute Gasteiger partial charge is 0.234 e. The standard InChI is InChI=1S/C20H18FN5OS/c1-3-17-24-25-19-20(23-15-6-4-5-7-16(15)26(17)19)28-11-18(27)22-13-9-8-12(2)14(21)10-13/h4-10H,3,11H2,1-2H3,(H,22,27). The number of anilines is 1. The van der Waals surface area contributed by atoms with Crippen LogP contribution in [0.1, 0.15) is 18.3 Å². The van der Waals surface area contributed by atoms with Gasteiger partial charge in [0.1, 0.15) is 16.7 Å². The van der Waals surface area contributed by atoms with Crippen molar-refractivity contribution in [1.29, 1.82) is 0 Å². The van der Waals surface area contributed by atoms with E-state index < -0.39 is 0 Å². The Morgan fingerprint density at radius 3 is 2.82 bits per heavy atom. The molecule has 8 heteroatoms. The monoisotopic (exact) mass is 395 g/mol. The summed E-state index contributed by atoms with van der Waals surface area (Å²) in [5, 5.41) is 11.9. The van der Waals surface area contributed by atoms with Gasteiger partial charge in [0.15, 0.2) is 5.65 Å². The zero-order valence-electron chi connectivity index (χ0n) is 15.4. The molecular formula is C20H18FN5OS. The molecule has 0 saturated heterocycles. The van der Waals surface area contributed by atoms with Crippen molar-refractivity contribution in [2.24, 2.45) is 0 Å². The van der Waals surface area contributed by atoms with E-state index in [9.17, 15) is 9.18 Å². The summed E-state index contributed by atoms with van der Waals surface area (Å²) in [5.74, 6) is 0.385. The molecule has 0 radical (unpaired) electrons. The lowest BCUT2D eigenvalue weighted by Gasteiger charge is -2.09. The van der Waals surface area contributed by atoms with Crippen LogP contribution in [0.3, 0.4) is 0 Å². The van der Waals surface area contributed by atoms with Gasteiger partial charge in [-0.3, -0.25) is 9.20 Å². The Hall–Kier alpha value is -3.00. The van der Waals surface area contributed by atoms with Crippen LogP contribution in [0, 0.1) is 12.7 Å². The molecule has 0 saturated carbocycles. The van der Waals surface area contributed by atoms with Gasteiger partial charge in [0.05, 0.1) is 16.8 Å². The number of rotatable bonds is 5. The van der Waals surface area contributed by atoms with E-state index in [1.54, 1.807) is 19.1 Å². The Kier molecular flexibility index (Phi) is 4.95. The number of halogens is 1. The topological polar surface area (TPSA) is 72.2 Å². The second-order valence-electron chi connectivity index (χ2n) is 6.34. The number of fused-ring (bicyclic) bond motifs is 3. The predicted molar refractivity (Wildman–Crippen MR) is 108 cm³/mol. The number of aromatic nitrogens is 4. The molecule has 2 heterocycles. The summed E-state index contributed by atoms with van der Waals surface area (Å²) in [4.78, 5) is 17.0. The second-order valence-corrected chi connectivity index (χ2v) is 7.30. The van der Waals surface area contributed by atoms with E-state index >= 15 is 0 Å². The van der Waals surface area contributed by atoms with Crippen molar-refractivity contribution in [1.82, 2.24) is 19.6 Å². The number of carbonyl (C=O) groups excluding carboxylic acids is 1. The van der Waals surface area contributed by atoms with Gasteiger partial charge >= 0.3 is 0 Å². The SMILES string of the molecule is CCc1nnc2c(SCC(=O)Nc3ccc(C)c(F)c3)nc3ccccc3n12. The number of benzene rings is 2. The zero-order chi connectivity index (χ0) is 19.7. The summed E-state index contributed by atoms with van der Waals surface area (Å²) in [6.45, 7) is 3.70. The Labute approximate surface area is 165 Å². The summed E-state index contributed by atoms with van der Waals surface area (Å²) in [6.07, 6.45) is 0.735. The Bertz CT molecular complexity index is 1190. The average molecular weight is 395 g/mol. The fourth-order valence-electron chi connectivity index (χ4n) is 2.94. The number of thioether (sulfide) groups is 1. The van der Waals surface area contributed by atoms with Crippen LogP contribution in [0.2, 0.25) is 0 Å². The van der Waals surface area contributed by atoms with Gasteiger partial charge in [-0.15, -0.1) is 10.2 Å². The van der Waals surface area contributed by atoms with Gasteiger partial charge in [0.25, 0.3) is 0 Å². The molecule has 0 fully saturated rings. The van der Waals surface area contributed by atoms with E-state index in [1.807, 2.05) is 35.6 Å². The van der Waals surface area contributed by atoms with Crippen molar-refractivity contribution in [2.45, 2.75) is 25.3 Å². The number of aryl methyl sites for hydroxylation is 2. The van der Waals surface area contributed by atoms with E-state index in [0.717, 1.165) is 23.3 Å². The van der Waals surface area contributed by atoms with Crippen molar-refractivity contribution in [3.8, 4) is 0 Å². The number of hydrogen-bond donors (Lipinski definition) is 1. The molecule has 2 aromatic heterocycles. The third-order valence-electron chi connectivity index (χ3n) is 4.38. The highest BCUT2D eigenvalue weighted by Gasteiger charge is 2.15. The highest BCUT2D eigenvalue weighted by Crippen LogP contribution is 2.26. The summed E-state index contributed by atoms with van der Waals surface area (Å²) < 4.78 is 15.6. The average Bonchev–Trinajstić information content (AvgIpc) is 3.13. The number of hydrogen-bond acceptors (Lipinski definition) is 5. The van der Waals surface area contributed by atoms with Crippen molar-refractivity contribution >= 4 is 40.0 Å². The largest absolute Gasteiger partial charge is 0.325 e. The van der Waals surface area contributed by atoms with Gasteiger partial charge in [-0.05, 0) is 36.8 Å². The lowest BCUT2D eigenvalue weighted by atomic mass is 10.2. The first-order valence-corrected chi connectivity index (χ1v) is 9.87. The first-order chi connectivity index (χ1) is 13.6. The van der Waals surface area contributed by atoms with Crippen molar-refractivity contribution in [3.63, 3.8) is 0 Å². The summed E-state index contributed by atoms with van der Waals surface area (Å²) >= 11 is 1.28. The van der Waals surface area contributed by atoms with Crippen LogP contribution in [0.25, 0.3) is 16.7 Å². The molecule has 4 rings (SSSR count). The second kappa shape index (κ2) is 7.55. The molecule has 0 aliphatic carbocycles. The molecule has 28 heavy (non-hydrogen) atoms. The zero-order valence-corrected chi connectivity index (χ0v) is 16.3. The van der Waals surface area contributed by atoms with Crippen LogP contribution in [-0.4, -0.2) is 31.2 Å². The molecule has 2 aromatic carbocycles. The minimum atomic E-state index is -0.348. The third kappa shape index (κ3) is 3.43. The number of nitrogens with one attached hydrogen (secondary N) is 1. The predicted octanol–water partition coefficient (Wildman–Crippen LogP) is 4.02. The van der Waals surface area contributed by atoms with Gasteiger partial charge in [-0.2, -0.15) is 0 Å². The van der Waals surface area contributed by atoms with E-state index in [1.165, 1.54) is 17.8 Å².